The Morgan fingerprint density at radius 2 is 1.71 bits per heavy atom. The van der Waals surface area contributed by atoms with Gasteiger partial charge in [0.1, 0.15) is 17.7 Å². The highest BCUT2D eigenvalue weighted by molar-refractivity contribution is 5.82. The molecule has 2 aliphatic rings. The van der Waals surface area contributed by atoms with Crippen LogP contribution in [0.5, 0.6) is 0 Å². The highest BCUT2D eigenvalue weighted by Gasteiger charge is 2.49. The molecule has 0 bridgehead atoms. The second-order valence-electron chi connectivity index (χ2n) is 10.8. The van der Waals surface area contributed by atoms with Gasteiger partial charge in [0.25, 0.3) is 0 Å². The van der Waals surface area contributed by atoms with Crippen molar-refractivity contribution in [2.45, 2.75) is 32.3 Å². The summed E-state index contributed by atoms with van der Waals surface area (Å²) in [6.45, 7) is 7.75. The van der Waals surface area contributed by atoms with Crippen LogP contribution >= 0.6 is 0 Å². The van der Waals surface area contributed by atoms with E-state index >= 15 is 0 Å². The zero-order valence-electron chi connectivity index (χ0n) is 21.9. The van der Waals surface area contributed by atoms with Gasteiger partial charge in [-0.3, -0.25) is 9.78 Å². The number of amides is 1. The maximum atomic E-state index is 14.1. The van der Waals surface area contributed by atoms with Crippen LogP contribution in [-0.4, -0.2) is 52.1 Å². The standard InChI is InChI=1S/C30H32FN5O2/c1-19-4-10-27(33-13-19)25-17-35(28-11-5-22(12-32)14-34-28)18-26(25)29(37)36-15-20(2)30(38,21(3)16-36)23-6-8-24(31)9-7-23/h4-11,13-14,20-21,25-26,38H,15-18H2,1-3H3/t20-,21+,25-,26-,30-/m1/s1. The van der Waals surface area contributed by atoms with Crippen molar-refractivity contribution in [1.29, 1.82) is 5.26 Å². The van der Waals surface area contributed by atoms with Crippen LogP contribution in [0.15, 0.2) is 60.9 Å². The Balaban J connectivity index is 1.40. The molecule has 38 heavy (non-hydrogen) atoms. The van der Waals surface area contributed by atoms with Gasteiger partial charge in [0.15, 0.2) is 0 Å². The van der Waals surface area contributed by atoms with E-state index in [2.05, 4.69) is 20.9 Å². The zero-order valence-corrected chi connectivity index (χ0v) is 21.9. The predicted molar refractivity (Wildman–Crippen MR) is 142 cm³/mol. The molecule has 2 aliphatic heterocycles. The predicted octanol–water partition coefficient (Wildman–Crippen LogP) is 4.02. The van der Waals surface area contributed by atoms with Crippen molar-refractivity contribution in [2.24, 2.45) is 17.8 Å². The summed E-state index contributed by atoms with van der Waals surface area (Å²) in [6.07, 6.45) is 3.38. The van der Waals surface area contributed by atoms with Crippen LogP contribution in [-0.2, 0) is 10.4 Å². The summed E-state index contributed by atoms with van der Waals surface area (Å²) < 4.78 is 13.5. The smallest absolute Gasteiger partial charge is 0.228 e. The molecular weight excluding hydrogens is 481 g/mol. The lowest BCUT2D eigenvalue weighted by atomic mass is 9.70. The molecule has 3 aromatic rings. The zero-order chi connectivity index (χ0) is 27.0. The summed E-state index contributed by atoms with van der Waals surface area (Å²) >= 11 is 0. The van der Waals surface area contributed by atoms with Crippen molar-refractivity contribution in [3.63, 3.8) is 0 Å². The van der Waals surface area contributed by atoms with Crippen molar-refractivity contribution >= 4 is 11.7 Å². The largest absolute Gasteiger partial charge is 0.384 e. The number of hydrogen-bond donors (Lipinski definition) is 1. The van der Waals surface area contributed by atoms with Crippen LogP contribution < -0.4 is 4.90 Å². The van der Waals surface area contributed by atoms with Crippen molar-refractivity contribution in [2.75, 3.05) is 31.1 Å². The van der Waals surface area contributed by atoms with Crippen molar-refractivity contribution in [3.05, 3.63) is 89.1 Å². The number of hydrogen-bond acceptors (Lipinski definition) is 6. The Kier molecular flexibility index (Phi) is 6.89. The summed E-state index contributed by atoms with van der Waals surface area (Å²) in [7, 11) is 0. The third-order valence-corrected chi connectivity index (χ3v) is 8.26. The maximum absolute atomic E-state index is 14.1. The summed E-state index contributed by atoms with van der Waals surface area (Å²) in [5.74, 6) is -0.522. The number of aliphatic hydroxyl groups is 1. The number of carbonyl (C=O) groups excluding carboxylic acids is 1. The molecule has 2 saturated heterocycles. The van der Waals surface area contributed by atoms with Crippen LogP contribution in [0, 0.1) is 41.8 Å². The number of anilines is 1. The van der Waals surface area contributed by atoms with Crippen LogP contribution in [0.4, 0.5) is 10.2 Å². The first-order valence-electron chi connectivity index (χ1n) is 13.0. The molecule has 2 aromatic heterocycles. The number of benzene rings is 1. The van der Waals surface area contributed by atoms with E-state index in [1.807, 2.05) is 50.1 Å². The molecular formula is C30H32FN5O2. The molecule has 8 heteroatoms. The van der Waals surface area contributed by atoms with E-state index in [1.54, 1.807) is 24.4 Å². The SMILES string of the molecule is Cc1ccc([C@@H]2CN(c3ccc(C#N)cn3)C[C@H]2C(=O)N2C[C@@H](C)[C@](O)(c3ccc(F)cc3)[C@@H](C)C2)nc1. The average molecular weight is 514 g/mol. The van der Waals surface area contributed by atoms with Crippen LogP contribution in [0.2, 0.25) is 0 Å². The Morgan fingerprint density at radius 3 is 2.29 bits per heavy atom. The lowest BCUT2D eigenvalue weighted by Gasteiger charge is -2.48. The molecule has 5 atom stereocenters. The van der Waals surface area contributed by atoms with E-state index in [9.17, 15) is 14.3 Å². The number of pyridine rings is 2. The number of likely N-dealkylation sites (tertiary alicyclic amines) is 1. The number of nitrogens with zero attached hydrogens (tertiary/aromatic N) is 5. The number of aryl methyl sites for hydroxylation is 1. The number of carbonyl (C=O) groups is 1. The number of halogens is 1. The Bertz CT molecular complexity index is 1330. The number of nitriles is 1. The molecule has 7 nitrogen and oxygen atoms in total. The molecule has 4 heterocycles. The highest BCUT2D eigenvalue weighted by atomic mass is 19.1. The molecule has 0 aliphatic carbocycles. The van der Waals surface area contributed by atoms with Gasteiger partial charge < -0.3 is 14.9 Å². The minimum atomic E-state index is -1.16. The fraction of sp³-hybridized carbons (Fsp3) is 0.400. The third-order valence-electron chi connectivity index (χ3n) is 8.26. The average Bonchev–Trinajstić information content (AvgIpc) is 3.37. The lowest BCUT2D eigenvalue weighted by molar-refractivity contribution is -0.152. The van der Waals surface area contributed by atoms with Crippen LogP contribution in [0.25, 0.3) is 0 Å². The summed E-state index contributed by atoms with van der Waals surface area (Å²) in [6, 6.07) is 15.7. The first-order valence-corrected chi connectivity index (χ1v) is 13.0. The van der Waals surface area contributed by atoms with E-state index in [0.29, 0.717) is 37.3 Å². The second kappa shape index (κ2) is 10.1. The van der Waals surface area contributed by atoms with Crippen molar-refractivity contribution in [3.8, 4) is 6.07 Å². The highest BCUT2D eigenvalue weighted by Crippen LogP contribution is 2.43. The molecule has 1 aromatic carbocycles. The van der Waals surface area contributed by atoms with Gasteiger partial charge in [0.05, 0.1) is 17.1 Å². The topological polar surface area (TPSA) is 93.4 Å². The van der Waals surface area contributed by atoms with Gasteiger partial charge >= 0.3 is 0 Å². The quantitative estimate of drug-likeness (QED) is 0.567. The van der Waals surface area contributed by atoms with E-state index in [0.717, 1.165) is 17.1 Å². The van der Waals surface area contributed by atoms with Crippen LogP contribution in [0.3, 0.4) is 0 Å². The molecule has 1 N–H and O–H groups in total. The molecule has 5 rings (SSSR count). The normalized spacial score (nSPS) is 27.3. The second-order valence-corrected chi connectivity index (χ2v) is 10.8. The monoisotopic (exact) mass is 513 g/mol. The van der Waals surface area contributed by atoms with Gasteiger partial charge in [-0.25, -0.2) is 9.37 Å². The first kappa shape index (κ1) is 25.8. The molecule has 0 unspecified atom stereocenters. The molecule has 0 spiro atoms. The van der Waals surface area contributed by atoms with Crippen molar-refractivity contribution in [1.82, 2.24) is 14.9 Å². The summed E-state index contributed by atoms with van der Waals surface area (Å²) in [4.78, 5) is 27.2. The number of aromatic nitrogens is 2. The van der Waals surface area contributed by atoms with Crippen LogP contribution in [0.1, 0.15) is 42.1 Å². The Hall–Kier alpha value is -3.83. The summed E-state index contributed by atoms with van der Waals surface area (Å²) in [5.41, 5.74) is 1.93. The molecule has 1 amide bonds. The number of rotatable bonds is 4. The van der Waals surface area contributed by atoms with Gasteiger partial charge in [0.2, 0.25) is 5.91 Å². The lowest BCUT2D eigenvalue weighted by Crippen LogP contribution is -2.57. The Labute approximate surface area is 222 Å². The molecule has 0 radical (unpaired) electrons. The van der Waals surface area contributed by atoms with Gasteiger partial charge in [-0.15, -0.1) is 0 Å². The van der Waals surface area contributed by atoms with E-state index in [4.69, 9.17) is 5.26 Å². The molecule has 0 saturated carbocycles. The molecule has 196 valence electrons. The fourth-order valence-electron chi connectivity index (χ4n) is 6.08. The summed E-state index contributed by atoms with van der Waals surface area (Å²) in [5, 5.41) is 20.8. The third kappa shape index (κ3) is 4.63. The van der Waals surface area contributed by atoms with Gasteiger partial charge in [-0.1, -0.05) is 32.0 Å². The number of piperidine rings is 1. The Morgan fingerprint density at radius 1 is 1.00 bits per heavy atom. The van der Waals surface area contributed by atoms with Crippen molar-refractivity contribution < 1.29 is 14.3 Å². The van der Waals surface area contributed by atoms with E-state index in [1.165, 1.54) is 12.1 Å². The van der Waals surface area contributed by atoms with Gasteiger partial charge in [-0.05, 0) is 48.4 Å². The maximum Gasteiger partial charge on any atom is 0.228 e. The minimum Gasteiger partial charge on any atom is -0.384 e. The first-order chi connectivity index (χ1) is 18.2. The van der Waals surface area contributed by atoms with Gasteiger partial charge in [-0.2, -0.15) is 5.26 Å². The van der Waals surface area contributed by atoms with E-state index < -0.39 is 5.60 Å². The van der Waals surface area contributed by atoms with Gasteiger partial charge in [0, 0.05) is 62.0 Å². The minimum absolute atomic E-state index is 0.0355. The van der Waals surface area contributed by atoms with E-state index in [-0.39, 0.29) is 35.4 Å². The fourth-order valence-corrected chi connectivity index (χ4v) is 6.08. The molecule has 2 fully saturated rings.